The third-order valence-corrected chi connectivity index (χ3v) is 6.39. The van der Waals surface area contributed by atoms with Crippen LogP contribution in [0.4, 0.5) is 0 Å². The van der Waals surface area contributed by atoms with Gasteiger partial charge >= 0.3 is 0 Å². The summed E-state index contributed by atoms with van der Waals surface area (Å²) < 4.78 is 11.6. The highest BCUT2D eigenvalue weighted by atomic mass is 35.5. The van der Waals surface area contributed by atoms with Crippen molar-refractivity contribution in [2.75, 3.05) is 13.7 Å². The first-order valence-corrected chi connectivity index (χ1v) is 11.1. The second kappa shape index (κ2) is 8.67. The molecule has 2 atom stereocenters. The van der Waals surface area contributed by atoms with E-state index in [0.717, 1.165) is 40.8 Å². The highest BCUT2D eigenvalue weighted by molar-refractivity contribution is 6.30. The van der Waals surface area contributed by atoms with Crippen LogP contribution < -0.4 is 4.74 Å². The summed E-state index contributed by atoms with van der Waals surface area (Å²) in [5.74, 6) is 1.24. The predicted molar refractivity (Wildman–Crippen MR) is 125 cm³/mol. The zero-order valence-electron chi connectivity index (χ0n) is 17.7. The fraction of sp³-hybridized carbons (Fsp3) is 0.231. The summed E-state index contributed by atoms with van der Waals surface area (Å²) in [4.78, 5) is 19.7. The van der Waals surface area contributed by atoms with E-state index in [1.54, 1.807) is 12.0 Å². The third kappa shape index (κ3) is 3.73. The number of alkyl halides is 1. The maximum absolute atomic E-state index is 13.2. The number of nitrogens with zero attached hydrogens (tertiary/aromatic N) is 2. The van der Waals surface area contributed by atoms with Crippen molar-refractivity contribution in [1.82, 2.24) is 9.88 Å². The summed E-state index contributed by atoms with van der Waals surface area (Å²) in [6, 6.07) is 23.0. The van der Waals surface area contributed by atoms with E-state index in [0.29, 0.717) is 18.0 Å². The zero-order valence-corrected chi connectivity index (χ0v) is 18.5. The Bertz CT molecular complexity index is 1250. The Hall–Kier alpha value is -3.31. The molecule has 32 heavy (non-hydrogen) atoms. The second-order valence-corrected chi connectivity index (χ2v) is 8.33. The molecule has 1 aromatic heterocycles. The Kier molecular flexibility index (Phi) is 5.58. The molecule has 5 nitrogen and oxygen atoms in total. The molecule has 5 rings (SSSR count). The molecule has 2 heterocycles. The molecular weight excluding hydrogens is 424 g/mol. The van der Waals surface area contributed by atoms with Gasteiger partial charge < -0.3 is 14.1 Å². The molecule has 162 valence electrons. The Morgan fingerprint density at radius 2 is 1.91 bits per heavy atom. The zero-order chi connectivity index (χ0) is 22.1. The van der Waals surface area contributed by atoms with Crippen LogP contribution in [-0.2, 0) is 4.79 Å². The van der Waals surface area contributed by atoms with Crippen LogP contribution in [0.3, 0.4) is 0 Å². The van der Waals surface area contributed by atoms with E-state index in [2.05, 4.69) is 0 Å². The number of benzene rings is 3. The van der Waals surface area contributed by atoms with Crippen molar-refractivity contribution in [2.45, 2.75) is 24.3 Å². The molecule has 0 radical (unpaired) electrons. The smallest absolute Gasteiger partial charge is 0.245 e. The molecule has 1 aliphatic rings. The molecule has 0 aliphatic carbocycles. The fourth-order valence-corrected chi connectivity index (χ4v) is 4.61. The number of aromatic nitrogens is 1. The molecule has 6 heteroatoms. The molecule has 1 fully saturated rings. The molecular formula is C26H23ClN2O3. The van der Waals surface area contributed by atoms with Gasteiger partial charge in [0.05, 0.1) is 7.11 Å². The van der Waals surface area contributed by atoms with Gasteiger partial charge in [-0.1, -0.05) is 54.6 Å². The van der Waals surface area contributed by atoms with Crippen LogP contribution in [0.2, 0.25) is 0 Å². The number of fused-ring (bicyclic) bond motifs is 1. The van der Waals surface area contributed by atoms with E-state index in [-0.39, 0.29) is 11.9 Å². The Labute approximate surface area is 191 Å². The molecule has 0 spiro atoms. The SMILES string of the molecule is COc1ccccc1-c1ccc2oc([C@@H]3CCCN3C(=O)[C@H](Cl)c3ccccc3)nc2c1. The van der Waals surface area contributed by atoms with E-state index in [9.17, 15) is 4.79 Å². The topological polar surface area (TPSA) is 55.6 Å². The minimum Gasteiger partial charge on any atom is -0.496 e. The van der Waals surface area contributed by atoms with Gasteiger partial charge in [-0.2, -0.15) is 0 Å². The van der Waals surface area contributed by atoms with Crippen molar-refractivity contribution in [2.24, 2.45) is 0 Å². The first-order chi connectivity index (χ1) is 15.7. The van der Waals surface area contributed by atoms with Gasteiger partial charge in [0, 0.05) is 12.1 Å². The molecule has 1 amide bonds. The summed E-state index contributed by atoms with van der Waals surface area (Å²) in [6.07, 6.45) is 1.69. The molecule has 3 aromatic carbocycles. The fourth-order valence-electron chi connectivity index (χ4n) is 4.34. The molecule has 0 bridgehead atoms. The average molecular weight is 447 g/mol. The number of carbonyl (C=O) groups is 1. The Balaban J connectivity index is 1.44. The summed E-state index contributed by atoms with van der Waals surface area (Å²) in [6.45, 7) is 0.644. The summed E-state index contributed by atoms with van der Waals surface area (Å²) in [5, 5.41) is -0.724. The number of para-hydroxylation sites is 1. The van der Waals surface area contributed by atoms with Crippen LogP contribution in [0.5, 0.6) is 5.75 Å². The monoisotopic (exact) mass is 446 g/mol. The van der Waals surface area contributed by atoms with E-state index < -0.39 is 5.38 Å². The molecule has 1 aliphatic heterocycles. The van der Waals surface area contributed by atoms with Crippen molar-refractivity contribution >= 4 is 28.6 Å². The number of likely N-dealkylation sites (tertiary alicyclic amines) is 1. The lowest BCUT2D eigenvalue weighted by atomic mass is 10.0. The van der Waals surface area contributed by atoms with E-state index in [1.165, 1.54) is 0 Å². The number of carbonyl (C=O) groups excluding carboxylic acids is 1. The standard InChI is InChI=1S/C26H23ClN2O3/c1-31-22-12-6-5-10-19(22)18-13-14-23-20(16-18)28-25(32-23)21-11-7-15-29(21)26(30)24(27)17-8-3-2-4-9-17/h2-6,8-10,12-14,16,21,24H,7,11,15H2,1H3/t21-,24+/m0/s1. The Morgan fingerprint density at radius 3 is 2.72 bits per heavy atom. The van der Waals surface area contributed by atoms with Crippen molar-refractivity contribution < 1.29 is 13.9 Å². The lowest BCUT2D eigenvalue weighted by molar-refractivity contribution is -0.132. The molecule has 4 aromatic rings. The minimum atomic E-state index is -0.724. The first-order valence-electron chi connectivity index (χ1n) is 10.7. The van der Waals surface area contributed by atoms with E-state index in [1.807, 2.05) is 72.8 Å². The van der Waals surface area contributed by atoms with Crippen LogP contribution in [-0.4, -0.2) is 29.4 Å². The quantitative estimate of drug-likeness (QED) is 0.345. The van der Waals surface area contributed by atoms with Crippen molar-refractivity contribution in [3.05, 3.63) is 84.3 Å². The van der Waals surface area contributed by atoms with Gasteiger partial charge in [0.1, 0.15) is 22.7 Å². The van der Waals surface area contributed by atoms with Crippen LogP contribution >= 0.6 is 11.6 Å². The van der Waals surface area contributed by atoms with Gasteiger partial charge in [-0.15, -0.1) is 11.6 Å². The number of oxazole rings is 1. The van der Waals surface area contributed by atoms with Gasteiger partial charge in [-0.05, 0) is 42.2 Å². The van der Waals surface area contributed by atoms with Crippen molar-refractivity contribution in [1.29, 1.82) is 0 Å². The highest BCUT2D eigenvalue weighted by Crippen LogP contribution is 2.38. The van der Waals surface area contributed by atoms with Crippen LogP contribution in [0.25, 0.3) is 22.2 Å². The number of hydrogen-bond donors (Lipinski definition) is 0. The average Bonchev–Trinajstić information content (AvgIpc) is 3.50. The molecule has 0 saturated carbocycles. The van der Waals surface area contributed by atoms with Crippen LogP contribution in [0.15, 0.2) is 77.2 Å². The van der Waals surface area contributed by atoms with Gasteiger partial charge in [0.15, 0.2) is 5.58 Å². The van der Waals surface area contributed by atoms with Gasteiger partial charge in [0.25, 0.3) is 0 Å². The van der Waals surface area contributed by atoms with Crippen molar-refractivity contribution in [3.8, 4) is 16.9 Å². The van der Waals surface area contributed by atoms with Crippen LogP contribution in [0, 0.1) is 0 Å². The predicted octanol–water partition coefficient (Wildman–Crippen LogP) is 6.15. The number of ether oxygens (including phenoxy) is 1. The molecule has 1 saturated heterocycles. The number of halogens is 1. The normalized spacial score (nSPS) is 16.9. The number of amides is 1. The third-order valence-electron chi connectivity index (χ3n) is 5.95. The van der Waals surface area contributed by atoms with Crippen molar-refractivity contribution in [3.63, 3.8) is 0 Å². The second-order valence-electron chi connectivity index (χ2n) is 7.90. The molecule has 0 N–H and O–H groups in total. The number of hydrogen-bond acceptors (Lipinski definition) is 4. The maximum atomic E-state index is 13.2. The number of methoxy groups -OCH3 is 1. The first kappa shape index (κ1) is 20.6. The van der Waals surface area contributed by atoms with Crippen LogP contribution in [0.1, 0.15) is 35.7 Å². The van der Waals surface area contributed by atoms with Gasteiger partial charge in [-0.25, -0.2) is 4.98 Å². The lowest BCUT2D eigenvalue weighted by Gasteiger charge is -2.24. The summed E-state index contributed by atoms with van der Waals surface area (Å²) in [7, 11) is 1.66. The highest BCUT2D eigenvalue weighted by Gasteiger charge is 2.36. The summed E-state index contributed by atoms with van der Waals surface area (Å²) >= 11 is 6.53. The van der Waals surface area contributed by atoms with E-state index in [4.69, 9.17) is 25.7 Å². The molecule has 0 unspecified atom stereocenters. The van der Waals surface area contributed by atoms with Gasteiger partial charge in [0.2, 0.25) is 11.8 Å². The van der Waals surface area contributed by atoms with E-state index >= 15 is 0 Å². The largest absolute Gasteiger partial charge is 0.496 e. The maximum Gasteiger partial charge on any atom is 0.245 e. The number of rotatable bonds is 5. The van der Waals surface area contributed by atoms with Gasteiger partial charge in [-0.3, -0.25) is 4.79 Å². The Morgan fingerprint density at radius 1 is 1.12 bits per heavy atom. The summed E-state index contributed by atoms with van der Waals surface area (Å²) in [5.41, 5.74) is 4.24. The lowest BCUT2D eigenvalue weighted by Crippen LogP contribution is -2.33. The minimum absolute atomic E-state index is 0.114.